The van der Waals surface area contributed by atoms with Crippen LogP contribution in [0.25, 0.3) is 0 Å². The summed E-state index contributed by atoms with van der Waals surface area (Å²) in [5, 5.41) is 6.41. The van der Waals surface area contributed by atoms with Gasteiger partial charge in [-0.1, -0.05) is 13.0 Å². The topological polar surface area (TPSA) is 36.4 Å². The highest BCUT2D eigenvalue weighted by molar-refractivity contribution is 14.0. The van der Waals surface area contributed by atoms with Gasteiger partial charge >= 0.3 is 0 Å². The monoisotopic (exact) mass is 411 g/mol. The molecule has 0 bridgehead atoms. The van der Waals surface area contributed by atoms with E-state index in [0.29, 0.717) is 24.6 Å². The molecule has 0 saturated heterocycles. The quantitative estimate of drug-likeness (QED) is 0.427. The van der Waals surface area contributed by atoms with E-state index in [9.17, 15) is 8.78 Å². The molecule has 2 N–H and O–H groups in total. The molecule has 1 rings (SSSR count). The highest BCUT2D eigenvalue weighted by Crippen LogP contribution is 2.10. The van der Waals surface area contributed by atoms with Crippen LogP contribution in [0.4, 0.5) is 8.78 Å². The van der Waals surface area contributed by atoms with Gasteiger partial charge in [-0.2, -0.15) is 0 Å². The Morgan fingerprint density at radius 3 is 2.57 bits per heavy atom. The number of halogens is 3. The number of rotatable bonds is 6. The number of guanidine groups is 1. The molecule has 0 amide bonds. The summed E-state index contributed by atoms with van der Waals surface area (Å²) >= 11 is 0. The summed E-state index contributed by atoms with van der Waals surface area (Å²) in [6.07, 6.45) is 1.44. The van der Waals surface area contributed by atoms with E-state index in [1.54, 1.807) is 0 Å². The summed E-state index contributed by atoms with van der Waals surface area (Å²) in [4.78, 5) is 4.39. The second-order valence-corrected chi connectivity index (χ2v) is 4.70. The van der Waals surface area contributed by atoms with Crippen molar-refractivity contribution in [1.29, 1.82) is 0 Å². The van der Waals surface area contributed by atoms with Crippen molar-refractivity contribution >= 4 is 29.9 Å². The zero-order valence-electron chi connectivity index (χ0n) is 12.7. The second-order valence-electron chi connectivity index (χ2n) is 4.70. The van der Waals surface area contributed by atoms with Gasteiger partial charge in [-0.15, -0.1) is 24.0 Å². The van der Waals surface area contributed by atoms with Crippen molar-refractivity contribution in [3.8, 4) is 0 Å². The first-order chi connectivity index (χ1) is 9.56. The number of nitrogens with zero attached hydrogens (tertiary/aromatic N) is 1. The van der Waals surface area contributed by atoms with Crippen LogP contribution in [0.2, 0.25) is 0 Å². The van der Waals surface area contributed by atoms with E-state index in [0.717, 1.165) is 25.0 Å². The van der Waals surface area contributed by atoms with E-state index >= 15 is 0 Å². The molecule has 0 radical (unpaired) electrons. The lowest BCUT2D eigenvalue weighted by atomic mass is 10.1. The Morgan fingerprint density at radius 1 is 1.29 bits per heavy atom. The molecule has 0 aliphatic rings. The largest absolute Gasteiger partial charge is 0.357 e. The summed E-state index contributed by atoms with van der Waals surface area (Å²) in [5.74, 6) is -0.342. The third kappa shape index (κ3) is 7.59. The fraction of sp³-hybridized carbons (Fsp3) is 0.533. The molecule has 0 fully saturated rings. The SMILES string of the molecule is CCNC(=NCCc1ccc(F)cc1F)NC(C)CC.I. The van der Waals surface area contributed by atoms with Gasteiger partial charge in [0, 0.05) is 25.2 Å². The number of hydrogen-bond donors (Lipinski definition) is 2. The van der Waals surface area contributed by atoms with Gasteiger partial charge in [-0.3, -0.25) is 4.99 Å². The number of aliphatic imine (C=N–C) groups is 1. The van der Waals surface area contributed by atoms with Gasteiger partial charge in [0.05, 0.1) is 0 Å². The fourth-order valence-electron chi connectivity index (χ4n) is 1.67. The molecule has 0 aliphatic heterocycles. The molecule has 0 aromatic heterocycles. The summed E-state index contributed by atoms with van der Waals surface area (Å²) in [6, 6.07) is 3.97. The Labute approximate surface area is 142 Å². The van der Waals surface area contributed by atoms with Crippen LogP contribution in [-0.2, 0) is 6.42 Å². The molecule has 120 valence electrons. The van der Waals surface area contributed by atoms with E-state index in [2.05, 4.69) is 29.5 Å². The first-order valence-corrected chi connectivity index (χ1v) is 7.05. The maximum atomic E-state index is 13.5. The van der Waals surface area contributed by atoms with E-state index in [-0.39, 0.29) is 24.0 Å². The lowest BCUT2D eigenvalue weighted by Crippen LogP contribution is -2.42. The van der Waals surface area contributed by atoms with Crippen molar-refractivity contribution in [2.75, 3.05) is 13.1 Å². The van der Waals surface area contributed by atoms with Crippen LogP contribution >= 0.6 is 24.0 Å². The highest BCUT2D eigenvalue weighted by atomic mass is 127. The Hall–Kier alpha value is -0.920. The Kier molecular flexibility index (Phi) is 10.3. The summed E-state index contributed by atoms with van der Waals surface area (Å²) in [5.41, 5.74) is 0.481. The minimum atomic E-state index is -0.554. The van der Waals surface area contributed by atoms with Gasteiger partial charge in [0.15, 0.2) is 5.96 Å². The molecule has 3 nitrogen and oxygen atoms in total. The second kappa shape index (κ2) is 10.8. The lowest BCUT2D eigenvalue weighted by molar-refractivity contribution is 0.571. The minimum Gasteiger partial charge on any atom is -0.357 e. The number of benzene rings is 1. The summed E-state index contributed by atoms with van der Waals surface area (Å²) in [6.45, 7) is 7.39. The van der Waals surface area contributed by atoms with Crippen molar-refractivity contribution in [3.05, 3.63) is 35.4 Å². The third-order valence-corrected chi connectivity index (χ3v) is 3.01. The van der Waals surface area contributed by atoms with Gasteiger partial charge in [-0.25, -0.2) is 8.78 Å². The van der Waals surface area contributed by atoms with E-state index in [1.165, 1.54) is 12.1 Å². The van der Waals surface area contributed by atoms with Gasteiger partial charge in [0.2, 0.25) is 0 Å². The van der Waals surface area contributed by atoms with Crippen LogP contribution in [0.15, 0.2) is 23.2 Å². The van der Waals surface area contributed by atoms with E-state index in [1.807, 2.05) is 6.92 Å². The van der Waals surface area contributed by atoms with Gasteiger partial charge in [0.1, 0.15) is 11.6 Å². The van der Waals surface area contributed by atoms with Gasteiger partial charge in [0.25, 0.3) is 0 Å². The Bertz CT molecular complexity index is 453. The molecule has 1 aromatic rings. The molecular formula is C15H24F2IN3. The molecule has 21 heavy (non-hydrogen) atoms. The van der Waals surface area contributed by atoms with Crippen LogP contribution < -0.4 is 10.6 Å². The molecule has 6 heteroatoms. The molecule has 1 atom stereocenters. The molecular weight excluding hydrogens is 387 g/mol. The minimum absolute atomic E-state index is 0. The molecule has 0 heterocycles. The maximum absolute atomic E-state index is 13.5. The third-order valence-electron chi connectivity index (χ3n) is 3.01. The van der Waals surface area contributed by atoms with Crippen molar-refractivity contribution in [2.45, 2.75) is 39.7 Å². The molecule has 0 aliphatic carbocycles. The van der Waals surface area contributed by atoms with Crippen LogP contribution in [0.1, 0.15) is 32.8 Å². The standard InChI is InChI=1S/C15H23F2N3.HI/c1-4-11(3)20-15(18-5-2)19-9-8-12-6-7-13(16)10-14(12)17;/h6-7,10-11H,4-5,8-9H2,1-3H3,(H2,18,19,20);1H. The Balaban J connectivity index is 0.00000400. The van der Waals surface area contributed by atoms with Crippen LogP contribution in [0, 0.1) is 11.6 Å². The fourth-order valence-corrected chi connectivity index (χ4v) is 1.67. The zero-order valence-corrected chi connectivity index (χ0v) is 15.1. The smallest absolute Gasteiger partial charge is 0.191 e. The van der Waals surface area contributed by atoms with Crippen molar-refractivity contribution in [3.63, 3.8) is 0 Å². The normalized spacial score (nSPS) is 12.5. The van der Waals surface area contributed by atoms with Crippen molar-refractivity contribution in [2.24, 2.45) is 4.99 Å². The Morgan fingerprint density at radius 2 is 2.00 bits per heavy atom. The van der Waals surface area contributed by atoms with Crippen molar-refractivity contribution < 1.29 is 8.78 Å². The van der Waals surface area contributed by atoms with Crippen molar-refractivity contribution in [1.82, 2.24) is 10.6 Å². The van der Waals surface area contributed by atoms with Crippen LogP contribution in [0.5, 0.6) is 0 Å². The molecule has 1 aromatic carbocycles. The van der Waals surface area contributed by atoms with E-state index in [4.69, 9.17) is 0 Å². The summed E-state index contributed by atoms with van der Waals surface area (Å²) in [7, 11) is 0. The average Bonchev–Trinajstić information content (AvgIpc) is 2.41. The molecule has 1 unspecified atom stereocenters. The van der Waals surface area contributed by atoms with Gasteiger partial charge < -0.3 is 10.6 Å². The molecule has 0 saturated carbocycles. The van der Waals surface area contributed by atoms with Crippen LogP contribution in [-0.4, -0.2) is 25.1 Å². The predicted molar refractivity (Wildman–Crippen MR) is 94.3 cm³/mol. The maximum Gasteiger partial charge on any atom is 0.191 e. The lowest BCUT2D eigenvalue weighted by Gasteiger charge is -2.16. The summed E-state index contributed by atoms with van der Waals surface area (Å²) < 4.78 is 26.3. The highest BCUT2D eigenvalue weighted by Gasteiger charge is 2.05. The number of hydrogen-bond acceptors (Lipinski definition) is 1. The first-order valence-electron chi connectivity index (χ1n) is 7.05. The first kappa shape index (κ1) is 20.1. The molecule has 0 spiro atoms. The zero-order chi connectivity index (χ0) is 15.0. The number of nitrogens with one attached hydrogen (secondary N) is 2. The van der Waals surface area contributed by atoms with Gasteiger partial charge in [-0.05, 0) is 38.3 Å². The predicted octanol–water partition coefficient (Wildman–Crippen LogP) is 3.48. The average molecular weight is 411 g/mol. The van der Waals surface area contributed by atoms with Crippen LogP contribution in [0.3, 0.4) is 0 Å². The van der Waals surface area contributed by atoms with E-state index < -0.39 is 11.6 Å².